The summed E-state index contributed by atoms with van der Waals surface area (Å²) in [6.07, 6.45) is 6.87. The zero-order valence-corrected chi connectivity index (χ0v) is 19.5. The molecule has 1 amide bonds. The monoisotopic (exact) mass is 464 g/mol. The number of rotatable bonds is 7. The molecule has 5 rings (SSSR count). The molecule has 1 saturated carbocycles. The van der Waals surface area contributed by atoms with E-state index in [0.717, 1.165) is 61.2 Å². The molecule has 0 spiro atoms. The zero-order chi connectivity index (χ0) is 22.9. The lowest BCUT2D eigenvalue weighted by molar-refractivity contribution is -0.120. The van der Waals surface area contributed by atoms with Crippen molar-refractivity contribution < 1.29 is 9.53 Å². The fourth-order valence-corrected chi connectivity index (χ4v) is 4.65. The molecule has 172 valence electrons. The molecule has 2 aromatic rings. The van der Waals surface area contributed by atoms with E-state index in [1.807, 2.05) is 41.4 Å². The quantitative estimate of drug-likeness (QED) is 0.516. The van der Waals surface area contributed by atoms with Gasteiger partial charge in [-0.1, -0.05) is 17.7 Å². The fourth-order valence-electron chi connectivity index (χ4n) is 4.47. The van der Waals surface area contributed by atoms with Gasteiger partial charge < -0.3 is 25.7 Å². The van der Waals surface area contributed by atoms with Gasteiger partial charge in [-0.15, -0.1) is 0 Å². The van der Waals surface area contributed by atoms with Gasteiger partial charge in [0.1, 0.15) is 11.5 Å². The Balaban J connectivity index is 1.59. The first-order chi connectivity index (χ1) is 16.0. The second-order valence-electron chi connectivity index (χ2n) is 9.14. The van der Waals surface area contributed by atoms with Gasteiger partial charge in [0.15, 0.2) is 0 Å². The molecule has 1 aliphatic carbocycles. The summed E-state index contributed by atoms with van der Waals surface area (Å²) in [6.45, 7) is 3.94. The van der Waals surface area contributed by atoms with Crippen LogP contribution in [0, 0.1) is 11.3 Å². The van der Waals surface area contributed by atoms with Crippen LogP contribution >= 0.6 is 11.6 Å². The van der Waals surface area contributed by atoms with E-state index < -0.39 is 0 Å². The largest absolute Gasteiger partial charge is 0.456 e. The van der Waals surface area contributed by atoms with E-state index in [2.05, 4.69) is 17.6 Å². The third kappa shape index (κ3) is 4.50. The average Bonchev–Trinajstić information content (AvgIpc) is 3.61. The first-order valence-corrected chi connectivity index (χ1v) is 12.0. The summed E-state index contributed by atoms with van der Waals surface area (Å²) in [5.41, 5.74) is 3.50. The molecular weight excluding hydrogens is 436 g/mol. The summed E-state index contributed by atoms with van der Waals surface area (Å²) in [4.78, 5) is 15.1. The van der Waals surface area contributed by atoms with Crippen molar-refractivity contribution in [1.29, 1.82) is 5.41 Å². The number of fused-ring (bicyclic) bond motifs is 1. The Morgan fingerprint density at radius 3 is 2.73 bits per heavy atom. The summed E-state index contributed by atoms with van der Waals surface area (Å²) < 4.78 is 6.45. The molecule has 0 bridgehead atoms. The highest BCUT2D eigenvalue weighted by Gasteiger charge is 2.39. The van der Waals surface area contributed by atoms with E-state index in [4.69, 9.17) is 21.7 Å². The van der Waals surface area contributed by atoms with Crippen molar-refractivity contribution in [3.05, 3.63) is 58.7 Å². The van der Waals surface area contributed by atoms with Crippen molar-refractivity contribution in [2.24, 2.45) is 5.92 Å². The highest BCUT2D eigenvalue weighted by Crippen LogP contribution is 2.45. The van der Waals surface area contributed by atoms with Crippen molar-refractivity contribution >= 4 is 35.0 Å². The van der Waals surface area contributed by atoms with Crippen molar-refractivity contribution in [3.63, 3.8) is 0 Å². The van der Waals surface area contributed by atoms with Gasteiger partial charge in [0.2, 0.25) is 5.91 Å². The smallest absolute Gasteiger partial charge is 0.230 e. The number of halogens is 1. The summed E-state index contributed by atoms with van der Waals surface area (Å²) in [5.74, 6) is 1.69. The van der Waals surface area contributed by atoms with Gasteiger partial charge in [-0.05, 0) is 62.9 Å². The lowest BCUT2D eigenvalue weighted by Crippen LogP contribution is -2.53. The van der Waals surface area contributed by atoms with Gasteiger partial charge in [-0.3, -0.25) is 4.79 Å². The Kier molecular flexibility index (Phi) is 6.13. The summed E-state index contributed by atoms with van der Waals surface area (Å²) >= 11 is 6.22. The second kappa shape index (κ2) is 9.20. The SMILES string of the molecule is C[C@H]1CCc2c(ccc(/C(C=N)=C/NC3CNC3)c2Oc2cccc(Cl)c2)N1C(=O)C1CC1. The summed E-state index contributed by atoms with van der Waals surface area (Å²) in [5, 5.41) is 15.3. The molecule has 0 radical (unpaired) electrons. The van der Waals surface area contributed by atoms with Crippen LogP contribution in [0.3, 0.4) is 0 Å². The number of benzene rings is 2. The molecule has 1 saturated heterocycles. The van der Waals surface area contributed by atoms with Gasteiger partial charge in [-0.25, -0.2) is 0 Å². The van der Waals surface area contributed by atoms with Crippen molar-refractivity contribution in [2.45, 2.75) is 44.7 Å². The van der Waals surface area contributed by atoms with Crippen molar-refractivity contribution in [2.75, 3.05) is 18.0 Å². The minimum atomic E-state index is 0.146. The Morgan fingerprint density at radius 2 is 2.06 bits per heavy atom. The third-order valence-corrected chi connectivity index (χ3v) is 6.89. The number of hydrogen-bond donors (Lipinski definition) is 3. The van der Waals surface area contributed by atoms with Gasteiger partial charge in [-0.2, -0.15) is 0 Å². The molecule has 2 heterocycles. The maximum absolute atomic E-state index is 13.1. The van der Waals surface area contributed by atoms with Crippen LogP contribution < -0.4 is 20.3 Å². The predicted octanol–water partition coefficient (Wildman–Crippen LogP) is 4.76. The average molecular weight is 465 g/mol. The summed E-state index contributed by atoms with van der Waals surface area (Å²) in [6, 6.07) is 11.8. The molecule has 0 aromatic heterocycles. The summed E-state index contributed by atoms with van der Waals surface area (Å²) in [7, 11) is 0. The number of nitrogens with zero attached hydrogens (tertiary/aromatic N) is 1. The van der Waals surface area contributed by atoms with Crippen LogP contribution in [0.25, 0.3) is 5.57 Å². The standard InChI is InChI=1S/C26H29ClN4O2/c1-16-5-8-23-24(31(16)26(32)17-6-7-17)10-9-22(18(12-28)13-30-20-14-29-15-20)25(23)33-21-4-2-3-19(27)11-21/h2-4,9-13,16-17,20,28-30H,5-8,14-15H2,1H3/b18-13+,28-12?/t16-/m0/s1. The van der Waals surface area contributed by atoms with Gasteiger partial charge in [0, 0.05) is 59.2 Å². The molecule has 3 N–H and O–H groups in total. The highest BCUT2D eigenvalue weighted by molar-refractivity contribution is 6.30. The molecule has 6 nitrogen and oxygen atoms in total. The highest BCUT2D eigenvalue weighted by atomic mass is 35.5. The number of allylic oxidation sites excluding steroid dienone is 1. The van der Waals surface area contributed by atoms with E-state index in [9.17, 15) is 4.79 Å². The molecule has 33 heavy (non-hydrogen) atoms. The van der Waals surface area contributed by atoms with Crippen LogP contribution in [0.2, 0.25) is 5.02 Å². The molecular formula is C26H29ClN4O2. The van der Waals surface area contributed by atoms with E-state index in [-0.39, 0.29) is 17.9 Å². The lowest BCUT2D eigenvalue weighted by Gasteiger charge is -2.37. The first kappa shape index (κ1) is 22.0. The van der Waals surface area contributed by atoms with Crippen LogP contribution in [0.15, 0.2) is 42.6 Å². The van der Waals surface area contributed by atoms with Gasteiger partial charge in [0.05, 0.1) is 11.7 Å². The molecule has 7 heteroatoms. The molecule has 2 fully saturated rings. The van der Waals surface area contributed by atoms with E-state index in [0.29, 0.717) is 22.6 Å². The molecule has 2 aliphatic heterocycles. The number of ether oxygens (including phenoxy) is 1. The normalized spacial score (nSPS) is 20.6. The van der Waals surface area contributed by atoms with Crippen molar-refractivity contribution in [1.82, 2.24) is 10.6 Å². The van der Waals surface area contributed by atoms with E-state index in [1.165, 1.54) is 6.21 Å². The lowest BCUT2D eigenvalue weighted by atomic mass is 9.91. The minimum Gasteiger partial charge on any atom is -0.456 e. The van der Waals surface area contributed by atoms with Crippen LogP contribution in [0.1, 0.15) is 37.3 Å². The van der Waals surface area contributed by atoms with Crippen LogP contribution in [-0.2, 0) is 11.2 Å². The molecule has 2 aromatic carbocycles. The molecule has 1 atom stereocenters. The number of anilines is 1. The molecule has 0 unspecified atom stereocenters. The Bertz CT molecular complexity index is 1110. The van der Waals surface area contributed by atoms with Crippen LogP contribution in [0.5, 0.6) is 11.5 Å². The van der Waals surface area contributed by atoms with Crippen molar-refractivity contribution in [3.8, 4) is 11.5 Å². The number of nitrogens with one attached hydrogen (secondary N) is 3. The maximum Gasteiger partial charge on any atom is 0.230 e. The van der Waals surface area contributed by atoms with Gasteiger partial charge >= 0.3 is 0 Å². The number of amides is 1. The Labute approximate surface area is 199 Å². The van der Waals surface area contributed by atoms with Gasteiger partial charge in [0.25, 0.3) is 0 Å². The number of carbonyl (C=O) groups excluding carboxylic acids is 1. The fraction of sp³-hybridized carbons (Fsp3) is 0.385. The maximum atomic E-state index is 13.1. The number of carbonyl (C=O) groups is 1. The molecule has 3 aliphatic rings. The zero-order valence-electron chi connectivity index (χ0n) is 18.7. The van der Waals surface area contributed by atoms with Crippen LogP contribution in [0.4, 0.5) is 5.69 Å². The Morgan fingerprint density at radius 1 is 1.24 bits per heavy atom. The van der Waals surface area contributed by atoms with E-state index in [1.54, 1.807) is 6.07 Å². The second-order valence-corrected chi connectivity index (χ2v) is 9.57. The number of hydrogen-bond acceptors (Lipinski definition) is 5. The van der Waals surface area contributed by atoms with E-state index >= 15 is 0 Å². The first-order valence-electron chi connectivity index (χ1n) is 11.7. The Hall–Kier alpha value is -2.83. The topological polar surface area (TPSA) is 77.5 Å². The third-order valence-electron chi connectivity index (χ3n) is 6.65. The predicted molar refractivity (Wildman–Crippen MR) is 133 cm³/mol. The van der Waals surface area contributed by atoms with Crippen LogP contribution in [-0.4, -0.2) is 37.3 Å². The minimum absolute atomic E-state index is 0.146.